The van der Waals surface area contributed by atoms with Crippen molar-refractivity contribution in [2.45, 2.75) is 45.6 Å². The maximum Gasteiger partial charge on any atom is 0.180 e. The Morgan fingerprint density at radius 2 is 1.93 bits per heavy atom. The highest BCUT2D eigenvalue weighted by Gasteiger charge is 2.15. The van der Waals surface area contributed by atoms with E-state index < -0.39 is 0 Å². The second kappa shape index (κ2) is 8.05. The standard InChI is InChI=1S/C11H23NO3/c1-3-13-11(14-4-2)9-15-10-7-5-6-8-12-10/h10-12H,3-9H2,1-2H3. The van der Waals surface area contributed by atoms with Crippen molar-refractivity contribution >= 4 is 0 Å². The zero-order chi connectivity index (χ0) is 10.9. The van der Waals surface area contributed by atoms with E-state index in [1.807, 2.05) is 13.8 Å². The number of hydrogen-bond acceptors (Lipinski definition) is 4. The van der Waals surface area contributed by atoms with Gasteiger partial charge in [0.15, 0.2) is 6.29 Å². The number of ether oxygens (including phenoxy) is 3. The minimum Gasteiger partial charge on any atom is -0.358 e. The van der Waals surface area contributed by atoms with Crippen molar-refractivity contribution in [2.75, 3.05) is 26.4 Å². The molecule has 1 atom stereocenters. The molecule has 0 amide bonds. The molecular weight excluding hydrogens is 194 g/mol. The molecule has 0 radical (unpaired) electrons. The monoisotopic (exact) mass is 217 g/mol. The summed E-state index contributed by atoms with van der Waals surface area (Å²) in [4.78, 5) is 0. The van der Waals surface area contributed by atoms with E-state index in [9.17, 15) is 0 Å². The molecule has 1 unspecified atom stereocenters. The molecule has 1 N–H and O–H groups in total. The first-order valence-corrected chi connectivity index (χ1v) is 5.95. The Morgan fingerprint density at radius 3 is 2.47 bits per heavy atom. The summed E-state index contributed by atoms with van der Waals surface area (Å²) in [6, 6.07) is 0. The van der Waals surface area contributed by atoms with E-state index in [4.69, 9.17) is 14.2 Å². The molecule has 0 aromatic rings. The highest BCUT2D eigenvalue weighted by Crippen LogP contribution is 2.09. The zero-order valence-electron chi connectivity index (χ0n) is 9.83. The van der Waals surface area contributed by atoms with Crippen molar-refractivity contribution in [3.63, 3.8) is 0 Å². The van der Waals surface area contributed by atoms with Gasteiger partial charge in [0.05, 0.1) is 6.61 Å². The van der Waals surface area contributed by atoms with Crippen LogP contribution in [0.4, 0.5) is 0 Å². The third-order valence-electron chi connectivity index (χ3n) is 2.40. The molecular formula is C11H23NO3. The van der Waals surface area contributed by atoms with Gasteiger partial charge in [-0.1, -0.05) is 0 Å². The second-order valence-corrected chi connectivity index (χ2v) is 3.61. The molecule has 0 aromatic carbocycles. The third kappa shape index (κ3) is 5.47. The maximum absolute atomic E-state index is 5.69. The van der Waals surface area contributed by atoms with Crippen molar-refractivity contribution in [3.8, 4) is 0 Å². The normalized spacial score (nSPS) is 22.2. The van der Waals surface area contributed by atoms with Gasteiger partial charge in [0.25, 0.3) is 0 Å². The Bertz CT molecular complexity index is 143. The first-order valence-electron chi connectivity index (χ1n) is 5.95. The lowest BCUT2D eigenvalue weighted by Gasteiger charge is -2.26. The molecule has 1 aliphatic heterocycles. The molecule has 15 heavy (non-hydrogen) atoms. The number of rotatable bonds is 7. The summed E-state index contributed by atoms with van der Waals surface area (Å²) in [5.74, 6) is 0. The van der Waals surface area contributed by atoms with E-state index in [2.05, 4.69) is 5.32 Å². The second-order valence-electron chi connectivity index (χ2n) is 3.61. The first-order chi connectivity index (χ1) is 7.36. The van der Waals surface area contributed by atoms with Crippen LogP contribution in [0.25, 0.3) is 0 Å². The maximum atomic E-state index is 5.69. The molecule has 0 spiro atoms. The lowest BCUT2D eigenvalue weighted by atomic mass is 10.1. The highest BCUT2D eigenvalue weighted by molar-refractivity contribution is 4.63. The average molecular weight is 217 g/mol. The van der Waals surface area contributed by atoms with E-state index in [1.165, 1.54) is 12.8 Å². The van der Waals surface area contributed by atoms with Crippen LogP contribution in [0.1, 0.15) is 33.1 Å². The van der Waals surface area contributed by atoms with Crippen LogP contribution >= 0.6 is 0 Å². The number of hydrogen-bond donors (Lipinski definition) is 1. The van der Waals surface area contributed by atoms with Gasteiger partial charge in [0.1, 0.15) is 6.23 Å². The molecule has 0 saturated carbocycles. The van der Waals surface area contributed by atoms with Gasteiger partial charge >= 0.3 is 0 Å². The number of piperidine rings is 1. The summed E-state index contributed by atoms with van der Waals surface area (Å²) in [7, 11) is 0. The summed E-state index contributed by atoms with van der Waals surface area (Å²) in [5, 5.41) is 3.33. The fraction of sp³-hybridized carbons (Fsp3) is 1.00. The lowest BCUT2D eigenvalue weighted by Crippen LogP contribution is -2.38. The van der Waals surface area contributed by atoms with Crippen LogP contribution in [0.2, 0.25) is 0 Å². The Hall–Kier alpha value is -0.160. The summed E-state index contributed by atoms with van der Waals surface area (Å²) in [6.07, 6.45) is 3.54. The number of nitrogens with one attached hydrogen (secondary N) is 1. The van der Waals surface area contributed by atoms with Gasteiger partial charge in [-0.15, -0.1) is 0 Å². The predicted octanol–water partition coefficient (Wildman–Crippen LogP) is 1.50. The van der Waals surface area contributed by atoms with Gasteiger partial charge in [-0.3, -0.25) is 5.32 Å². The summed E-state index contributed by atoms with van der Waals surface area (Å²) in [5.41, 5.74) is 0. The van der Waals surface area contributed by atoms with Gasteiger partial charge in [-0.05, 0) is 39.7 Å². The molecule has 1 rings (SSSR count). The van der Waals surface area contributed by atoms with Gasteiger partial charge in [-0.25, -0.2) is 0 Å². The topological polar surface area (TPSA) is 39.7 Å². The molecule has 1 fully saturated rings. The van der Waals surface area contributed by atoms with Crippen LogP contribution in [0.3, 0.4) is 0 Å². The quantitative estimate of drug-likeness (QED) is 0.656. The Kier molecular flexibility index (Phi) is 6.92. The SMILES string of the molecule is CCOC(COC1CCCCN1)OCC. The largest absolute Gasteiger partial charge is 0.358 e. The van der Waals surface area contributed by atoms with Crippen LogP contribution in [0.5, 0.6) is 0 Å². The molecule has 4 nitrogen and oxygen atoms in total. The van der Waals surface area contributed by atoms with Crippen LogP contribution in [0, 0.1) is 0 Å². The summed E-state index contributed by atoms with van der Waals surface area (Å²) >= 11 is 0. The fourth-order valence-electron chi connectivity index (χ4n) is 1.67. The molecule has 4 heteroatoms. The van der Waals surface area contributed by atoms with Crippen LogP contribution in [0.15, 0.2) is 0 Å². The van der Waals surface area contributed by atoms with Crippen LogP contribution in [-0.4, -0.2) is 38.9 Å². The van der Waals surface area contributed by atoms with E-state index in [0.717, 1.165) is 13.0 Å². The molecule has 1 saturated heterocycles. The molecule has 90 valence electrons. The smallest absolute Gasteiger partial charge is 0.180 e. The van der Waals surface area contributed by atoms with Gasteiger partial charge in [0, 0.05) is 13.2 Å². The predicted molar refractivity (Wildman–Crippen MR) is 58.6 cm³/mol. The van der Waals surface area contributed by atoms with Crippen molar-refractivity contribution in [3.05, 3.63) is 0 Å². The Morgan fingerprint density at radius 1 is 1.20 bits per heavy atom. The van der Waals surface area contributed by atoms with Crippen LogP contribution < -0.4 is 5.32 Å². The fourth-order valence-corrected chi connectivity index (χ4v) is 1.67. The van der Waals surface area contributed by atoms with E-state index in [1.54, 1.807) is 0 Å². The van der Waals surface area contributed by atoms with Crippen LogP contribution in [-0.2, 0) is 14.2 Å². The first kappa shape index (κ1) is 12.9. The summed E-state index contributed by atoms with van der Waals surface area (Å²) < 4.78 is 16.5. The molecule has 0 bridgehead atoms. The van der Waals surface area contributed by atoms with Crippen molar-refractivity contribution in [1.82, 2.24) is 5.32 Å². The molecule has 1 heterocycles. The van der Waals surface area contributed by atoms with Gasteiger partial charge in [0.2, 0.25) is 0 Å². The minimum absolute atomic E-state index is 0.183. The molecule has 1 aliphatic rings. The van der Waals surface area contributed by atoms with E-state index >= 15 is 0 Å². The average Bonchev–Trinajstić information content (AvgIpc) is 2.28. The summed E-state index contributed by atoms with van der Waals surface area (Å²) in [6.45, 7) is 6.81. The third-order valence-corrected chi connectivity index (χ3v) is 2.40. The highest BCUT2D eigenvalue weighted by atomic mass is 16.7. The van der Waals surface area contributed by atoms with Crippen molar-refractivity contribution in [2.24, 2.45) is 0 Å². The van der Waals surface area contributed by atoms with Gasteiger partial charge in [-0.2, -0.15) is 0 Å². The van der Waals surface area contributed by atoms with Gasteiger partial charge < -0.3 is 14.2 Å². The molecule has 0 aliphatic carbocycles. The van der Waals surface area contributed by atoms with E-state index in [-0.39, 0.29) is 12.5 Å². The zero-order valence-corrected chi connectivity index (χ0v) is 9.83. The Labute approximate surface area is 92.3 Å². The van der Waals surface area contributed by atoms with Crippen molar-refractivity contribution in [1.29, 1.82) is 0 Å². The Balaban J connectivity index is 2.13. The molecule has 0 aromatic heterocycles. The van der Waals surface area contributed by atoms with Crippen molar-refractivity contribution < 1.29 is 14.2 Å². The lowest BCUT2D eigenvalue weighted by molar-refractivity contribution is -0.180. The minimum atomic E-state index is -0.219. The van der Waals surface area contributed by atoms with E-state index in [0.29, 0.717) is 19.8 Å².